The first kappa shape index (κ1) is 8.90. The normalized spacial score (nSPS) is 12.9. The largest absolute Gasteiger partial charge is 0.264 e. The summed E-state index contributed by atoms with van der Waals surface area (Å²) < 4.78 is 0.0372. The van der Waals surface area contributed by atoms with E-state index in [9.17, 15) is 0 Å². The van der Waals surface area contributed by atoms with Crippen molar-refractivity contribution in [3.8, 4) is 0 Å². The molecule has 11 heavy (non-hydrogen) atoms. The number of pyridine rings is 1. The van der Waals surface area contributed by atoms with Gasteiger partial charge in [-0.05, 0) is 24.3 Å². The average molecular weight is 187 g/mol. The number of thiol groups is 1. The molecule has 0 aliphatic carbocycles. The minimum atomic E-state index is 0.0372. The minimum absolute atomic E-state index is 0.0372. The van der Waals surface area contributed by atoms with Crippen molar-refractivity contribution in [1.82, 2.24) is 10.3 Å². The lowest BCUT2D eigenvalue weighted by molar-refractivity contribution is 0.769. The zero-order chi connectivity index (χ0) is 8.10. The zero-order valence-corrected chi connectivity index (χ0v) is 7.88. The Morgan fingerprint density at radius 1 is 1.73 bits per heavy atom. The highest BCUT2D eigenvalue weighted by molar-refractivity contribution is 7.91. The Labute approximate surface area is 77.2 Å². The molecule has 0 aliphatic rings. The van der Waals surface area contributed by atoms with Crippen molar-refractivity contribution in [1.29, 1.82) is 0 Å². The van der Waals surface area contributed by atoms with Crippen molar-refractivity contribution in [3.05, 3.63) is 30.1 Å². The van der Waals surface area contributed by atoms with Crippen molar-refractivity contribution in [2.24, 2.45) is 0 Å². The van der Waals surface area contributed by atoms with Gasteiger partial charge in [-0.3, -0.25) is 10.3 Å². The van der Waals surface area contributed by atoms with Gasteiger partial charge in [0.05, 0.1) is 0 Å². The summed E-state index contributed by atoms with van der Waals surface area (Å²) in [7, 11) is 0. The van der Waals surface area contributed by atoms with Gasteiger partial charge in [0.15, 0.2) is 0 Å². The summed E-state index contributed by atoms with van der Waals surface area (Å²) >= 11 is 7.42. The van der Waals surface area contributed by atoms with Crippen LogP contribution in [0.4, 0.5) is 0 Å². The molecule has 0 saturated heterocycles. The smallest absolute Gasteiger partial charge is 0.209 e. The molecule has 1 aromatic rings. The minimum Gasteiger partial charge on any atom is -0.264 e. The summed E-state index contributed by atoms with van der Waals surface area (Å²) in [6.07, 6.45) is 3.59. The van der Waals surface area contributed by atoms with Crippen LogP contribution in [0.1, 0.15) is 5.56 Å². The Morgan fingerprint density at radius 2 is 2.55 bits per heavy atom. The first-order chi connectivity index (χ1) is 5.29. The third-order valence-corrected chi connectivity index (χ3v) is 1.61. The van der Waals surface area contributed by atoms with Gasteiger partial charge in [0, 0.05) is 18.9 Å². The van der Waals surface area contributed by atoms with Crippen LogP contribution in [0.15, 0.2) is 24.5 Å². The number of hydrogen-bond donors (Lipinski definition) is 2. The topological polar surface area (TPSA) is 24.9 Å². The predicted molar refractivity (Wildman–Crippen MR) is 54.0 cm³/mol. The van der Waals surface area contributed by atoms with Gasteiger partial charge in [0.2, 0.25) is 4.71 Å². The quantitative estimate of drug-likeness (QED) is 0.407. The number of hydrogen-bond acceptors (Lipinski definition) is 3. The van der Waals surface area contributed by atoms with Gasteiger partial charge in [0.1, 0.15) is 0 Å². The van der Waals surface area contributed by atoms with E-state index in [1.807, 2.05) is 18.3 Å². The molecule has 60 valence electrons. The highest BCUT2D eigenvalue weighted by atomic mass is 32.2. The highest BCUT2D eigenvalue weighted by Gasteiger charge is 1.98. The van der Waals surface area contributed by atoms with Gasteiger partial charge in [-0.15, -0.1) is 12.6 Å². The number of nitrogens with zero attached hydrogens (tertiary/aromatic N) is 1. The molecular formula is C7H11N2S2+. The molecule has 0 saturated carbocycles. The zero-order valence-electron chi connectivity index (χ0n) is 5.99. The van der Waals surface area contributed by atoms with E-state index in [2.05, 4.69) is 35.6 Å². The van der Waals surface area contributed by atoms with Gasteiger partial charge in [0.25, 0.3) is 0 Å². The summed E-state index contributed by atoms with van der Waals surface area (Å²) in [6.45, 7) is 0.783. The first-order valence-electron chi connectivity index (χ1n) is 3.30. The van der Waals surface area contributed by atoms with Gasteiger partial charge < -0.3 is 0 Å². The standard InChI is InChI=1S/C7H10N2S2/c10-7(11)9-5-6-2-1-3-8-4-6/h1-4,7,9-11H,5H2/p+1. The van der Waals surface area contributed by atoms with Crippen LogP contribution in [0.25, 0.3) is 0 Å². The van der Waals surface area contributed by atoms with Gasteiger partial charge in [-0.25, -0.2) is 0 Å². The van der Waals surface area contributed by atoms with Crippen LogP contribution in [0, 0.1) is 0 Å². The van der Waals surface area contributed by atoms with Crippen LogP contribution in [0.5, 0.6) is 0 Å². The van der Waals surface area contributed by atoms with Crippen molar-refractivity contribution in [2.75, 3.05) is 0 Å². The van der Waals surface area contributed by atoms with Crippen LogP contribution >= 0.6 is 12.6 Å². The van der Waals surface area contributed by atoms with Crippen molar-refractivity contribution in [2.45, 2.75) is 11.3 Å². The molecule has 0 bridgehead atoms. The molecule has 0 aliphatic heterocycles. The SMILES string of the molecule is S[C@H]([SH2+])NCc1cccnc1. The lowest BCUT2D eigenvalue weighted by Gasteiger charge is -2.01. The number of rotatable bonds is 3. The van der Waals surface area contributed by atoms with Crippen LogP contribution in [-0.2, 0) is 19.2 Å². The molecule has 2 nitrogen and oxygen atoms in total. The van der Waals surface area contributed by atoms with E-state index in [1.165, 1.54) is 0 Å². The van der Waals surface area contributed by atoms with Gasteiger partial charge in [-0.1, -0.05) is 6.07 Å². The van der Waals surface area contributed by atoms with Crippen LogP contribution in [-0.4, -0.2) is 9.69 Å². The molecule has 1 aromatic heterocycles. The second-order valence-corrected chi connectivity index (χ2v) is 3.72. The van der Waals surface area contributed by atoms with E-state index in [0.29, 0.717) is 0 Å². The first-order valence-corrected chi connectivity index (χ1v) is 4.40. The summed E-state index contributed by atoms with van der Waals surface area (Å²) in [5, 5.41) is 3.10. The monoisotopic (exact) mass is 187 g/mol. The third-order valence-electron chi connectivity index (χ3n) is 1.22. The van der Waals surface area contributed by atoms with Crippen molar-refractivity contribution >= 4 is 25.3 Å². The van der Waals surface area contributed by atoms with Crippen LogP contribution in [0.2, 0.25) is 0 Å². The maximum Gasteiger partial charge on any atom is 0.209 e. The third kappa shape index (κ3) is 3.65. The van der Waals surface area contributed by atoms with E-state index in [-0.39, 0.29) is 4.71 Å². The lowest BCUT2D eigenvalue weighted by Crippen LogP contribution is -2.20. The Morgan fingerprint density at radius 3 is 3.09 bits per heavy atom. The Bertz CT molecular complexity index is 201. The average Bonchev–Trinajstić information content (AvgIpc) is 2.03. The van der Waals surface area contributed by atoms with Crippen LogP contribution in [0.3, 0.4) is 0 Å². The predicted octanol–water partition coefficient (Wildman–Crippen LogP) is 0.396. The van der Waals surface area contributed by atoms with Crippen molar-refractivity contribution < 1.29 is 0 Å². The van der Waals surface area contributed by atoms with E-state index < -0.39 is 0 Å². The summed E-state index contributed by atoms with van der Waals surface area (Å²) in [5.74, 6) is 0. The summed E-state index contributed by atoms with van der Waals surface area (Å²) in [4.78, 5) is 3.98. The molecule has 0 fully saturated rings. The number of aromatic nitrogens is 1. The molecule has 0 amide bonds. The molecule has 0 aromatic carbocycles. The Hall–Kier alpha value is -0.190. The Balaban J connectivity index is 2.39. The molecule has 0 unspecified atom stereocenters. The summed E-state index contributed by atoms with van der Waals surface area (Å²) in [5.41, 5.74) is 1.16. The molecule has 1 atom stereocenters. The molecule has 1 heterocycles. The van der Waals surface area contributed by atoms with Gasteiger partial charge >= 0.3 is 0 Å². The highest BCUT2D eigenvalue weighted by Crippen LogP contribution is 1.95. The fourth-order valence-electron chi connectivity index (χ4n) is 0.717. The molecular weight excluding hydrogens is 176 g/mol. The summed E-state index contributed by atoms with van der Waals surface area (Å²) in [6, 6.07) is 3.93. The van der Waals surface area contributed by atoms with E-state index in [1.54, 1.807) is 6.20 Å². The maximum absolute atomic E-state index is 4.11. The molecule has 0 radical (unpaired) electrons. The lowest BCUT2D eigenvalue weighted by atomic mass is 10.3. The van der Waals surface area contributed by atoms with E-state index in [4.69, 9.17) is 0 Å². The number of nitrogens with one attached hydrogen (secondary N) is 1. The van der Waals surface area contributed by atoms with Crippen molar-refractivity contribution in [3.63, 3.8) is 0 Å². The second kappa shape index (κ2) is 4.64. The van der Waals surface area contributed by atoms with Gasteiger partial charge in [-0.2, -0.15) is 0 Å². The maximum atomic E-state index is 4.11. The molecule has 1 N–H and O–H groups in total. The van der Waals surface area contributed by atoms with E-state index >= 15 is 0 Å². The second-order valence-electron chi connectivity index (χ2n) is 2.14. The molecule has 0 spiro atoms. The molecule has 1 rings (SSSR count). The van der Waals surface area contributed by atoms with E-state index in [0.717, 1.165) is 12.1 Å². The molecule has 4 heteroatoms. The fraction of sp³-hybridized carbons (Fsp3) is 0.286. The fourth-order valence-corrected chi connectivity index (χ4v) is 0.911. The van der Waals surface area contributed by atoms with Crippen LogP contribution < -0.4 is 5.32 Å². The Kier molecular flexibility index (Phi) is 3.76.